The van der Waals surface area contributed by atoms with Gasteiger partial charge in [0.15, 0.2) is 0 Å². The van der Waals surface area contributed by atoms with E-state index >= 15 is 0 Å². The molecule has 0 radical (unpaired) electrons. The van der Waals surface area contributed by atoms with Gasteiger partial charge in [0.2, 0.25) is 5.88 Å². The number of anilines is 2. The molecule has 0 spiro atoms. The fourth-order valence-electron chi connectivity index (χ4n) is 6.81. The molecule has 0 fully saturated rings. The molecule has 2 heterocycles. The number of ether oxygens (including phenoxy) is 8. The summed E-state index contributed by atoms with van der Waals surface area (Å²) in [5.74, 6) is 3.35. The van der Waals surface area contributed by atoms with Crippen molar-refractivity contribution >= 4 is 35.5 Å². The van der Waals surface area contributed by atoms with E-state index < -0.39 is 13.2 Å². The maximum atomic E-state index is 13.7. The quantitative estimate of drug-likeness (QED) is 0.0370. The molecule has 2 N–H and O–H groups in total. The Balaban J connectivity index is 1.03. The molecule has 0 saturated carbocycles. The second-order valence-electron chi connectivity index (χ2n) is 16.1. The molecular formula is C49H61N6O10P. The number of rotatable bonds is 27. The van der Waals surface area contributed by atoms with E-state index in [1.807, 2.05) is 86.6 Å². The molecule has 0 aliphatic heterocycles. The van der Waals surface area contributed by atoms with Gasteiger partial charge in [-0.05, 0) is 66.8 Å². The van der Waals surface area contributed by atoms with Crippen molar-refractivity contribution in [2.75, 3.05) is 104 Å². The van der Waals surface area contributed by atoms with Crippen LogP contribution in [0.15, 0.2) is 97.2 Å². The summed E-state index contributed by atoms with van der Waals surface area (Å²) in [5, 5.41) is 12.4. The van der Waals surface area contributed by atoms with E-state index in [4.69, 9.17) is 48.0 Å². The molecule has 0 unspecified atom stereocenters. The molecule has 0 saturated heterocycles. The first-order chi connectivity index (χ1) is 32.0. The van der Waals surface area contributed by atoms with Gasteiger partial charge in [-0.2, -0.15) is 10.1 Å². The van der Waals surface area contributed by atoms with E-state index in [2.05, 4.69) is 15.6 Å². The van der Waals surface area contributed by atoms with Crippen molar-refractivity contribution in [1.29, 1.82) is 0 Å². The molecule has 2 amide bonds. The Morgan fingerprint density at radius 1 is 0.712 bits per heavy atom. The zero-order valence-electron chi connectivity index (χ0n) is 38.6. The Hall–Kier alpha value is -5.87. The number of carbonyl (C=O) groups excluding carboxylic acids is 1. The van der Waals surface area contributed by atoms with Crippen LogP contribution >= 0.6 is 7.14 Å². The fourth-order valence-corrected chi connectivity index (χ4v) is 7.88. The van der Waals surface area contributed by atoms with E-state index in [-0.39, 0.29) is 5.92 Å². The molecule has 0 aliphatic rings. The van der Waals surface area contributed by atoms with Crippen molar-refractivity contribution in [3.63, 3.8) is 0 Å². The number of fused-ring (bicyclic) bond motifs is 1. The SMILES string of the molecule is COCCOCCOCCOCCOCCOc1cc(Cc2nccc(Oc3ccc(NC(=O)Nc4cc(C(C)C)nn4-c4cccc(CP(C)(C)=O)c4)c4ccccc34)n2)cc(OC)c1. The molecule has 0 bridgehead atoms. The lowest BCUT2D eigenvalue weighted by Crippen LogP contribution is -2.21. The van der Waals surface area contributed by atoms with Crippen molar-refractivity contribution in [1.82, 2.24) is 19.7 Å². The summed E-state index contributed by atoms with van der Waals surface area (Å²) in [7, 11) is 0.946. The van der Waals surface area contributed by atoms with Crippen LogP contribution in [0, 0.1) is 0 Å². The number of nitrogens with zero attached hydrogens (tertiary/aromatic N) is 4. The summed E-state index contributed by atoms with van der Waals surface area (Å²) >= 11 is 0. The smallest absolute Gasteiger partial charge is 0.324 e. The van der Waals surface area contributed by atoms with Crippen molar-refractivity contribution in [2.24, 2.45) is 0 Å². The van der Waals surface area contributed by atoms with E-state index in [9.17, 15) is 9.36 Å². The minimum absolute atomic E-state index is 0.121. The Morgan fingerprint density at radius 2 is 1.39 bits per heavy atom. The first kappa shape index (κ1) is 49.6. The maximum Gasteiger partial charge on any atom is 0.324 e. The summed E-state index contributed by atoms with van der Waals surface area (Å²) in [5.41, 5.74) is 3.99. The largest absolute Gasteiger partial charge is 0.497 e. The molecule has 0 atom stereocenters. The first-order valence-electron chi connectivity index (χ1n) is 21.9. The Morgan fingerprint density at radius 3 is 2.08 bits per heavy atom. The normalized spacial score (nSPS) is 11.6. The van der Waals surface area contributed by atoms with Gasteiger partial charge < -0.3 is 47.8 Å². The van der Waals surface area contributed by atoms with Gasteiger partial charge in [0.25, 0.3) is 0 Å². The summed E-state index contributed by atoms with van der Waals surface area (Å²) in [6.45, 7) is 12.4. The lowest BCUT2D eigenvalue weighted by molar-refractivity contribution is -0.00978. The molecule has 17 heteroatoms. The van der Waals surface area contributed by atoms with Crippen LogP contribution in [0.4, 0.5) is 16.3 Å². The zero-order chi connectivity index (χ0) is 46.7. The Kier molecular flexibility index (Phi) is 18.9. The number of hydrogen-bond acceptors (Lipinski definition) is 13. The molecule has 16 nitrogen and oxygen atoms in total. The highest BCUT2D eigenvalue weighted by Crippen LogP contribution is 2.41. The summed E-state index contributed by atoms with van der Waals surface area (Å²) in [4.78, 5) is 22.9. The number of methoxy groups -OCH3 is 2. The average molecular weight is 925 g/mol. The van der Waals surface area contributed by atoms with Crippen LogP contribution in [0.1, 0.15) is 42.4 Å². The van der Waals surface area contributed by atoms with E-state index in [0.717, 1.165) is 33.3 Å². The molecule has 4 aromatic carbocycles. The third-order valence-electron chi connectivity index (χ3n) is 9.89. The number of urea groups is 1. The molecule has 0 aliphatic carbocycles. The van der Waals surface area contributed by atoms with E-state index in [1.54, 1.807) is 56.6 Å². The standard InChI is InChI=1S/C49H61N6O10P/c1-35(2)44-33-47(55(54-44)38-11-9-10-36(28-38)34-66(5,6)57)53-49(56)51-43-14-15-45(42-13-8-7-12-41(42)43)65-48-16-17-50-46(52-48)31-37-29-39(59-4)32-40(30-37)64-27-26-63-25-24-62-23-22-61-21-20-60-19-18-58-3/h7-17,28-30,32-33,35H,18-27,31,34H2,1-6H3,(H2,51,53,56). The van der Waals surface area contributed by atoms with Crippen molar-refractivity contribution < 1.29 is 47.3 Å². The molecule has 6 aromatic rings. The number of aromatic nitrogens is 4. The van der Waals surface area contributed by atoms with Crippen molar-refractivity contribution in [3.8, 4) is 28.8 Å². The van der Waals surface area contributed by atoms with Gasteiger partial charge in [0.1, 0.15) is 35.5 Å². The second kappa shape index (κ2) is 25.2. The Bertz CT molecular complexity index is 2530. The van der Waals surface area contributed by atoms with Gasteiger partial charge in [0, 0.05) is 54.9 Å². The number of carbonyl (C=O) groups is 1. The maximum absolute atomic E-state index is 13.7. The fraction of sp³-hybridized carbons (Fsp3) is 0.388. The highest BCUT2D eigenvalue weighted by Gasteiger charge is 2.18. The number of nitrogens with one attached hydrogen (secondary N) is 2. The van der Waals surface area contributed by atoms with Gasteiger partial charge in [0.05, 0.1) is 90.8 Å². The minimum atomic E-state index is -2.30. The predicted octanol–water partition coefficient (Wildman–Crippen LogP) is 9.19. The third kappa shape index (κ3) is 15.6. The lowest BCUT2D eigenvalue weighted by Gasteiger charge is -2.15. The van der Waals surface area contributed by atoms with Crippen molar-refractivity contribution in [2.45, 2.75) is 32.3 Å². The van der Waals surface area contributed by atoms with Gasteiger partial charge in [-0.15, -0.1) is 0 Å². The van der Waals surface area contributed by atoms with Crippen LogP contribution in [0.5, 0.6) is 23.1 Å². The number of benzene rings is 4. The highest BCUT2D eigenvalue weighted by atomic mass is 31.2. The Labute approximate surface area is 386 Å². The molecule has 352 valence electrons. The van der Waals surface area contributed by atoms with Crippen LogP contribution in [0.2, 0.25) is 0 Å². The monoisotopic (exact) mass is 924 g/mol. The first-order valence-corrected chi connectivity index (χ1v) is 24.7. The summed E-state index contributed by atoms with van der Waals surface area (Å²) in [6.07, 6.45) is 2.52. The van der Waals surface area contributed by atoms with Gasteiger partial charge >= 0.3 is 6.03 Å². The minimum Gasteiger partial charge on any atom is -0.497 e. The molecule has 66 heavy (non-hydrogen) atoms. The summed E-state index contributed by atoms with van der Waals surface area (Å²) < 4.78 is 59.2. The lowest BCUT2D eigenvalue weighted by atomic mass is 10.1. The van der Waals surface area contributed by atoms with Crippen LogP contribution in [-0.4, -0.2) is 119 Å². The number of amides is 2. The number of hydrogen-bond donors (Lipinski definition) is 2. The topological polar surface area (TPSA) is 176 Å². The average Bonchev–Trinajstić information content (AvgIpc) is 3.72. The second-order valence-corrected chi connectivity index (χ2v) is 19.5. The van der Waals surface area contributed by atoms with E-state index in [0.29, 0.717) is 119 Å². The van der Waals surface area contributed by atoms with Crippen molar-refractivity contribution in [3.05, 3.63) is 120 Å². The van der Waals surface area contributed by atoms with Gasteiger partial charge in [-0.1, -0.05) is 50.2 Å². The van der Waals surface area contributed by atoms with Crippen LogP contribution in [0.25, 0.3) is 16.5 Å². The molecule has 2 aromatic heterocycles. The van der Waals surface area contributed by atoms with E-state index in [1.165, 1.54) is 0 Å². The molecule has 6 rings (SSSR count). The predicted molar refractivity (Wildman–Crippen MR) is 256 cm³/mol. The van der Waals surface area contributed by atoms with Crippen LogP contribution < -0.4 is 24.8 Å². The van der Waals surface area contributed by atoms with Gasteiger partial charge in [-0.25, -0.2) is 14.5 Å². The summed E-state index contributed by atoms with van der Waals surface area (Å²) in [6, 6.07) is 27.8. The van der Waals surface area contributed by atoms with Crippen LogP contribution in [-0.2, 0) is 40.8 Å². The zero-order valence-corrected chi connectivity index (χ0v) is 39.5. The van der Waals surface area contributed by atoms with Gasteiger partial charge in [-0.3, -0.25) is 5.32 Å². The highest BCUT2D eigenvalue weighted by molar-refractivity contribution is 7.61. The molecular weight excluding hydrogens is 864 g/mol. The third-order valence-corrected chi connectivity index (χ3v) is 11.0. The van der Waals surface area contributed by atoms with Crippen LogP contribution in [0.3, 0.4) is 0 Å².